The standard InChI is InChI=1S/C42H21N3O2S/c1-4-13-31-25(9-1)28-21-24(18-19-33(28)46-31)37-41-38(27-11-3-6-15-34(27)48-41)44-42(43-37)45-30-12-7-8-22-16-17-23-20-29-26-10-2-5-14-32(26)47-40(29)39(45)36(23)35(22)30/h1-21H. The molecular formula is C42H21N3O2S. The van der Waals surface area contributed by atoms with Crippen molar-refractivity contribution in [2.75, 3.05) is 0 Å². The van der Waals surface area contributed by atoms with Crippen LogP contribution in [0.3, 0.4) is 0 Å². The van der Waals surface area contributed by atoms with Crippen LogP contribution < -0.4 is 0 Å². The Balaban J connectivity index is 1.27. The van der Waals surface area contributed by atoms with Crippen molar-refractivity contribution in [2.24, 2.45) is 0 Å². The summed E-state index contributed by atoms with van der Waals surface area (Å²) < 4.78 is 17.4. The zero-order valence-corrected chi connectivity index (χ0v) is 26.0. The molecule has 7 aromatic carbocycles. The molecule has 0 aliphatic heterocycles. The summed E-state index contributed by atoms with van der Waals surface area (Å²) in [6.45, 7) is 0. The molecule has 12 rings (SSSR count). The predicted octanol–water partition coefficient (Wildman–Crippen LogP) is 12.0. The van der Waals surface area contributed by atoms with Crippen LogP contribution in [0.2, 0.25) is 0 Å². The number of rotatable bonds is 2. The van der Waals surface area contributed by atoms with Crippen LogP contribution in [0.15, 0.2) is 136 Å². The van der Waals surface area contributed by atoms with Gasteiger partial charge in [0.15, 0.2) is 5.58 Å². The van der Waals surface area contributed by atoms with E-state index in [9.17, 15) is 0 Å². The van der Waals surface area contributed by atoms with Gasteiger partial charge in [-0.1, -0.05) is 78.9 Å². The van der Waals surface area contributed by atoms with E-state index in [1.54, 1.807) is 11.3 Å². The van der Waals surface area contributed by atoms with Crippen molar-refractivity contribution in [1.29, 1.82) is 0 Å². The quantitative estimate of drug-likeness (QED) is 0.178. The molecule has 222 valence electrons. The molecule has 0 spiro atoms. The molecule has 12 aromatic rings. The smallest absolute Gasteiger partial charge is 0.236 e. The largest absolute Gasteiger partial charge is 0.456 e. The topological polar surface area (TPSA) is 57.0 Å². The van der Waals surface area contributed by atoms with Crippen LogP contribution in [0.1, 0.15) is 0 Å². The average Bonchev–Trinajstić information content (AvgIpc) is 3.89. The first-order valence-electron chi connectivity index (χ1n) is 16.0. The Morgan fingerprint density at radius 1 is 0.542 bits per heavy atom. The van der Waals surface area contributed by atoms with Gasteiger partial charge >= 0.3 is 0 Å². The molecule has 0 fully saturated rings. The highest BCUT2D eigenvalue weighted by molar-refractivity contribution is 7.26. The molecule has 0 aliphatic carbocycles. The minimum atomic E-state index is 0.621. The van der Waals surface area contributed by atoms with Gasteiger partial charge in [-0.05, 0) is 59.3 Å². The summed E-state index contributed by atoms with van der Waals surface area (Å²) in [6, 6.07) is 44.6. The fourth-order valence-electron chi connectivity index (χ4n) is 7.88. The number of thiophene rings is 1. The van der Waals surface area contributed by atoms with Crippen LogP contribution in [0.4, 0.5) is 0 Å². The third kappa shape index (κ3) is 3.10. The van der Waals surface area contributed by atoms with E-state index in [1.807, 2.05) is 24.3 Å². The number of benzene rings is 7. The molecule has 0 aliphatic rings. The van der Waals surface area contributed by atoms with Gasteiger partial charge in [0.2, 0.25) is 5.95 Å². The van der Waals surface area contributed by atoms with E-state index in [-0.39, 0.29) is 0 Å². The summed E-state index contributed by atoms with van der Waals surface area (Å²) >= 11 is 1.74. The Kier molecular flexibility index (Phi) is 4.55. The zero-order chi connectivity index (χ0) is 31.1. The monoisotopic (exact) mass is 631 g/mol. The lowest BCUT2D eigenvalue weighted by atomic mass is 10.00. The van der Waals surface area contributed by atoms with Crippen molar-refractivity contribution < 1.29 is 8.83 Å². The molecule has 0 saturated heterocycles. The molecule has 5 aromatic heterocycles. The van der Waals surface area contributed by atoms with E-state index in [0.717, 1.165) is 81.8 Å². The van der Waals surface area contributed by atoms with Crippen molar-refractivity contribution >= 4 is 108 Å². The minimum absolute atomic E-state index is 0.621. The Bertz CT molecular complexity index is 3300. The lowest BCUT2D eigenvalue weighted by molar-refractivity contribution is 0.669. The maximum Gasteiger partial charge on any atom is 0.236 e. The molecule has 5 heterocycles. The van der Waals surface area contributed by atoms with Crippen LogP contribution in [0, 0.1) is 0 Å². The van der Waals surface area contributed by atoms with Crippen molar-refractivity contribution in [3.05, 3.63) is 127 Å². The summed E-state index contributed by atoms with van der Waals surface area (Å²) in [5.41, 5.74) is 8.38. The Morgan fingerprint density at radius 2 is 1.29 bits per heavy atom. The normalized spacial score (nSPS) is 12.6. The third-order valence-corrected chi connectivity index (χ3v) is 11.1. The molecule has 0 N–H and O–H groups in total. The van der Waals surface area contributed by atoms with Crippen molar-refractivity contribution in [3.63, 3.8) is 0 Å². The van der Waals surface area contributed by atoms with E-state index < -0.39 is 0 Å². The van der Waals surface area contributed by atoms with Gasteiger partial charge in [0.05, 0.1) is 21.4 Å². The van der Waals surface area contributed by atoms with Crippen LogP contribution in [0.5, 0.6) is 0 Å². The number of fused-ring (bicyclic) bond motifs is 10. The van der Waals surface area contributed by atoms with Gasteiger partial charge in [-0.15, -0.1) is 11.3 Å². The number of hydrogen-bond acceptors (Lipinski definition) is 5. The van der Waals surface area contributed by atoms with Gasteiger partial charge < -0.3 is 8.83 Å². The maximum atomic E-state index is 6.71. The van der Waals surface area contributed by atoms with Crippen molar-refractivity contribution in [3.8, 4) is 17.2 Å². The highest BCUT2D eigenvalue weighted by atomic mass is 32.1. The average molecular weight is 632 g/mol. The zero-order valence-electron chi connectivity index (χ0n) is 25.2. The van der Waals surface area contributed by atoms with Gasteiger partial charge in [-0.2, -0.15) is 0 Å². The molecule has 48 heavy (non-hydrogen) atoms. The SMILES string of the molecule is c1ccc2c(c1)oc1ccc(-c3nc(-n4c5cccc6ccc7cc8c9ccccc9oc8c4c7c65)nc4c3sc3ccccc34)cc12. The number of furan rings is 2. The lowest BCUT2D eigenvalue weighted by Gasteiger charge is -2.10. The third-order valence-electron chi connectivity index (χ3n) is 9.96. The number of aromatic nitrogens is 3. The highest BCUT2D eigenvalue weighted by Gasteiger charge is 2.25. The van der Waals surface area contributed by atoms with Crippen LogP contribution in [-0.2, 0) is 0 Å². The fraction of sp³-hybridized carbons (Fsp3) is 0. The van der Waals surface area contributed by atoms with Gasteiger partial charge in [-0.3, -0.25) is 4.57 Å². The number of para-hydroxylation sites is 2. The van der Waals surface area contributed by atoms with E-state index in [1.165, 1.54) is 26.2 Å². The second-order valence-corrected chi connectivity index (χ2v) is 13.6. The Labute approximate surface area is 275 Å². The molecule has 5 nitrogen and oxygen atoms in total. The van der Waals surface area contributed by atoms with E-state index >= 15 is 0 Å². The first-order valence-corrected chi connectivity index (χ1v) is 16.8. The molecule has 0 unspecified atom stereocenters. The van der Waals surface area contributed by atoms with Crippen LogP contribution in [-0.4, -0.2) is 14.5 Å². The first kappa shape index (κ1) is 24.9. The minimum Gasteiger partial charge on any atom is -0.456 e. The molecule has 0 atom stereocenters. The second kappa shape index (κ2) is 8.76. The highest BCUT2D eigenvalue weighted by Crippen LogP contribution is 2.46. The van der Waals surface area contributed by atoms with Crippen molar-refractivity contribution in [1.82, 2.24) is 14.5 Å². The Hall–Kier alpha value is -6.24. The van der Waals surface area contributed by atoms with E-state index in [4.69, 9.17) is 18.8 Å². The maximum absolute atomic E-state index is 6.71. The molecular weight excluding hydrogens is 611 g/mol. The molecule has 0 bridgehead atoms. The predicted molar refractivity (Wildman–Crippen MR) is 198 cm³/mol. The van der Waals surface area contributed by atoms with Gasteiger partial charge in [0.25, 0.3) is 0 Å². The molecule has 0 saturated carbocycles. The summed E-state index contributed by atoms with van der Waals surface area (Å²) in [7, 11) is 0. The number of hydrogen-bond donors (Lipinski definition) is 0. The summed E-state index contributed by atoms with van der Waals surface area (Å²) in [5.74, 6) is 0.621. The van der Waals surface area contributed by atoms with Gasteiger partial charge in [0.1, 0.15) is 22.3 Å². The van der Waals surface area contributed by atoms with E-state index in [0.29, 0.717) is 5.95 Å². The lowest BCUT2D eigenvalue weighted by Crippen LogP contribution is -2.03. The molecule has 0 radical (unpaired) electrons. The summed E-state index contributed by atoms with van der Waals surface area (Å²) in [5, 5.41) is 10.2. The number of nitrogens with zero attached hydrogens (tertiary/aromatic N) is 3. The van der Waals surface area contributed by atoms with E-state index in [2.05, 4.69) is 108 Å². The van der Waals surface area contributed by atoms with Gasteiger partial charge in [0, 0.05) is 48.0 Å². The molecule has 0 amide bonds. The van der Waals surface area contributed by atoms with Crippen molar-refractivity contribution in [2.45, 2.75) is 0 Å². The molecule has 6 heteroatoms. The first-order chi connectivity index (χ1) is 23.8. The van der Waals surface area contributed by atoms with Gasteiger partial charge in [-0.25, -0.2) is 9.97 Å². The van der Waals surface area contributed by atoms with Crippen LogP contribution in [0.25, 0.3) is 114 Å². The summed E-state index contributed by atoms with van der Waals surface area (Å²) in [6.07, 6.45) is 0. The summed E-state index contributed by atoms with van der Waals surface area (Å²) in [4.78, 5) is 10.9. The second-order valence-electron chi connectivity index (χ2n) is 12.5. The fourth-order valence-corrected chi connectivity index (χ4v) is 9.03. The van der Waals surface area contributed by atoms with Crippen LogP contribution >= 0.6 is 11.3 Å². The Morgan fingerprint density at radius 3 is 2.19 bits per heavy atom.